The lowest BCUT2D eigenvalue weighted by Gasteiger charge is -2.19. The molecule has 1 fully saturated rings. The summed E-state index contributed by atoms with van der Waals surface area (Å²) in [5, 5.41) is 6.07. The van der Waals surface area contributed by atoms with Crippen LogP contribution in [-0.2, 0) is 11.2 Å². The first-order chi connectivity index (χ1) is 12.9. The average Bonchev–Trinajstić information content (AvgIpc) is 3.06. The predicted molar refractivity (Wildman–Crippen MR) is 105 cm³/mol. The van der Waals surface area contributed by atoms with Crippen LogP contribution in [0.2, 0.25) is 0 Å². The Labute approximate surface area is 158 Å². The highest BCUT2D eigenvalue weighted by molar-refractivity contribution is 5.73. The zero-order chi connectivity index (χ0) is 19.4. The minimum Gasteiger partial charge on any atom is -0.396 e. The van der Waals surface area contributed by atoms with Crippen molar-refractivity contribution in [1.29, 1.82) is 0 Å². The summed E-state index contributed by atoms with van der Waals surface area (Å²) in [5.41, 5.74) is 7.27. The third-order valence-corrected chi connectivity index (χ3v) is 4.44. The lowest BCUT2D eigenvalue weighted by Crippen LogP contribution is -2.35. The molecule has 2 heterocycles. The van der Waals surface area contributed by atoms with Gasteiger partial charge in [0.15, 0.2) is 0 Å². The van der Waals surface area contributed by atoms with Crippen LogP contribution in [0.3, 0.4) is 0 Å². The molecule has 8 heteroatoms. The monoisotopic (exact) mass is 372 g/mol. The molecule has 4 N–H and O–H groups in total. The summed E-state index contributed by atoms with van der Waals surface area (Å²) in [4.78, 5) is 22.6. The fourth-order valence-corrected chi connectivity index (χ4v) is 3.21. The van der Waals surface area contributed by atoms with E-state index in [1.165, 1.54) is 19.1 Å². The summed E-state index contributed by atoms with van der Waals surface area (Å²) in [6.07, 6.45) is 2.68. The first kappa shape index (κ1) is 18.9. The SMILES string of the molecule is CCCc1cc(N2CCC(NC(C)=O)C2)nc(Nc2ccc(F)c(N)c2)n1. The van der Waals surface area contributed by atoms with Gasteiger partial charge in [0.05, 0.1) is 5.69 Å². The molecular formula is C19H25FN6O. The van der Waals surface area contributed by atoms with Gasteiger partial charge in [-0.1, -0.05) is 13.3 Å². The van der Waals surface area contributed by atoms with Gasteiger partial charge < -0.3 is 21.3 Å². The minimum absolute atomic E-state index is 0.0209. The molecule has 0 radical (unpaired) electrons. The Balaban J connectivity index is 1.82. The number of aryl methyl sites for hydroxylation is 1. The highest BCUT2D eigenvalue weighted by atomic mass is 19.1. The molecular weight excluding hydrogens is 347 g/mol. The van der Waals surface area contributed by atoms with E-state index in [1.54, 1.807) is 6.07 Å². The third-order valence-electron chi connectivity index (χ3n) is 4.44. The van der Waals surface area contributed by atoms with Gasteiger partial charge in [-0.15, -0.1) is 0 Å². The van der Waals surface area contributed by atoms with Crippen LogP contribution < -0.4 is 21.3 Å². The Morgan fingerprint density at radius 2 is 2.19 bits per heavy atom. The Morgan fingerprint density at radius 3 is 2.89 bits per heavy atom. The van der Waals surface area contributed by atoms with Crippen molar-refractivity contribution >= 4 is 29.0 Å². The number of carbonyl (C=O) groups is 1. The molecule has 1 aromatic heterocycles. The van der Waals surface area contributed by atoms with E-state index < -0.39 is 5.82 Å². The van der Waals surface area contributed by atoms with E-state index >= 15 is 0 Å². The topological polar surface area (TPSA) is 96.2 Å². The summed E-state index contributed by atoms with van der Waals surface area (Å²) >= 11 is 0. The van der Waals surface area contributed by atoms with Gasteiger partial charge >= 0.3 is 0 Å². The standard InChI is InChI=1S/C19H25FN6O/c1-3-4-13-10-18(26-8-7-15(11-26)22-12(2)27)25-19(23-13)24-14-5-6-16(20)17(21)9-14/h5-6,9-10,15H,3-4,7-8,11,21H2,1-2H3,(H,22,27)(H,23,24,25). The quantitative estimate of drug-likeness (QED) is 0.675. The number of amides is 1. The number of nitrogens with zero attached hydrogens (tertiary/aromatic N) is 3. The zero-order valence-corrected chi connectivity index (χ0v) is 15.6. The van der Waals surface area contributed by atoms with Gasteiger partial charge in [-0.05, 0) is 31.0 Å². The minimum atomic E-state index is -0.456. The van der Waals surface area contributed by atoms with E-state index in [0.717, 1.165) is 37.3 Å². The molecule has 3 rings (SSSR count). The molecule has 1 saturated heterocycles. The molecule has 1 atom stereocenters. The second kappa shape index (κ2) is 8.20. The van der Waals surface area contributed by atoms with Gasteiger partial charge in [-0.25, -0.2) is 9.37 Å². The molecule has 2 aromatic rings. The van der Waals surface area contributed by atoms with Crippen molar-refractivity contribution < 1.29 is 9.18 Å². The fraction of sp³-hybridized carbons (Fsp3) is 0.421. The number of carbonyl (C=O) groups excluding carboxylic acids is 1. The highest BCUT2D eigenvalue weighted by Gasteiger charge is 2.24. The lowest BCUT2D eigenvalue weighted by molar-refractivity contribution is -0.119. The van der Waals surface area contributed by atoms with Crippen LogP contribution in [0.5, 0.6) is 0 Å². The van der Waals surface area contributed by atoms with Crippen LogP contribution in [-0.4, -0.2) is 35.0 Å². The molecule has 0 saturated carbocycles. The maximum Gasteiger partial charge on any atom is 0.229 e. The molecule has 0 bridgehead atoms. The fourth-order valence-electron chi connectivity index (χ4n) is 3.21. The second-order valence-electron chi connectivity index (χ2n) is 6.78. The number of nitrogens with two attached hydrogens (primary N) is 1. The predicted octanol–water partition coefficient (Wildman–Crippen LogP) is 2.61. The van der Waals surface area contributed by atoms with Crippen molar-refractivity contribution in [1.82, 2.24) is 15.3 Å². The van der Waals surface area contributed by atoms with Crippen molar-refractivity contribution in [2.24, 2.45) is 0 Å². The van der Waals surface area contributed by atoms with Gasteiger partial charge in [0.25, 0.3) is 0 Å². The van der Waals surface area contributed by atoms with E-state index in [4.69, 9.17) is 5.73 Å². The van der Waals surface area contributed by atoms with E-state index in [2.05, 4.69) is 32.4 Å². The van der Waals surface area contributed by atoms with Gasteiger partial charge in [-0.3, -0.25) is 4.79 Å². The summed E-state index contributed by atoms with van der Waals surface area (Å²) in [6.45, 7) is 5.16. The molecule has 1 aliphatic rings. The molecule has 0 spiro atoms. The highest BCUT2D eigenvalue weighted by Crippen LogP contribution is 2.24. The van der Waals surface area contributed by atoms with Crippen molar-refractivity contribution in [3.05, 3.63) is 35.8 Å². The number of aromatic nitrogens is 2. The van der Waals surface area contributed by atoms with Crippen LogP contribution in [0, 0.1) is 5.82 Å². The number of hydrogen-bond acceptors (Lipinski definition) is 6. The van der Waals surface area contributed by atoms with E-state index in [1.807, 2.05) is 6.07 Å². The first-order valence-electron chi connectivity index (χ1n) is 9.16. The molecule has 1 unspecified atom stereocenters. The van der Waals surface area contributed by atoms with Crippen LogP contribution in [0.1, 0.15) is 32.4 Å². The summed E-state index contributed by atoms with van der Waals surface area (Å²) in [6, 6.07) is 6.55. The molecule has 7 nitrogen and oxygen atoms in total. The van der Waals surface area contributed by atoms with Gasteiger partial charge in [0, 0.05) is 43.5 Å². The van der Waals surface area contributed by atoms with Gasteiger partial charge in [-0.2, -0.15) is 4.98 Å². The maximum atomic E-state index is 13.4. The molecule has 1 aliphatic heterocycles. The van der Waals surface area contributed by atoms with Crippen molar-refractivity contribution in [3.8, 4) is 0 Å². The molecule has 144 valence electrons. The maximum absolute atomic E-state index is 13.4. The smallest absolute Gasteiger partial charge is 0.229 e. The van der Waals surface area contributed by atoms with Crippen molar-refractivity contribution in [3.63, 3.8) is 0 Å². The number of nitrogens with one attached hydrogen (secondary N) is 2. The number of halogens is 1. The first-order valence-corrected chi connectivity index (χ1v) is 9.16. The van der Waals surface area contributed by atoms with E-state index in [9.17, 15) is 9.18 Å². The van der Waals surface area contributed by atoms with E-state index in [0.29, 0.717) is 18.2 Å². The summed E-state index contributed by atoms with van der Waals surface area (Å²) in [5.74, 6) is 0.791. The Kier molecular flexibility index (Phi) is 5.73. The van der Waals surface area contributed by atoms with Gasteiger partial charge in [0.2, 0.25) is 11.9 Å². The number of anilines is 4. The normalized spacial score (nSPS) is 16.4. The van der Waals surface area contributed by atoms with Crippen LogP contribution >= 0.6 is 0 Å². The van der Waals surface area contributed by atoms with Crippen LogP contribution in [0.25, 0.3) is 0 Å². The van der Waals surface area contributed by atoms with E-state index in [-0.39, 0.29) is 17.6 Å². The Bertz CT molecular complexity index is 828. The summed E-state index contributed by atoms with van der Waals surface area (Å²) in [7, 11) is 0. The molecule has 1 aromatic carbocycles. The van der Waals surface area contributed by atoms with Crippen LogP contribution in [0.15, 0.2) is 24.3 Å². The number of benzene rings is 1. The molecule has 27 heavy (non-hydrogen) atoms. The second-order valence-corrected chi connectivity index (χ2v) is 6.78. The third kappa shape index (κ3) is 4.84. The van der Waals surface area contributed by atoms with Crippen LogP contribution in [0.4, 0.5) is 27.5 Å². The number of rotatable bonds is 6. The Hall–Kier alpha value is -2.90. The van der Waals surface area contributed by atoms with Crippen molar-refractivity contribution in [2.75, 3.05) is 29.0 Å². The van der Waals surface area contributed by atoms with Gasteiger partial charge in [0.1, 0.15) is 11.6 Å². The molecule has 0 aliphatic carbocycles. The number of hydrogen-bond donors (Lipinski definition) is 3. The Morgan fingerprint density at radius 1 is 1.37 bits per heavy atom. The average molecular weight is 372 g/mol. The largest absolute Gasteiger partial charge is 0.396 e. The van der Waals surface area contributed by atoms with Crippen molar-refractivity contribution in [2.45, 2.75) is 39.2 Å². The molecule has 1 amide bonds. The lowest BCUT2D eigenvalue weighted by atomic mass is 10.2. The zero-order valence-electron chi connectivity index (χ0n) is 15.6. The summed E-state index contributed by atoms with van der Waals surface area (Å²) < 4.78 is 13.4. The number of nitrogen functional groups attached to an aromatic ring is 1.